The van der Waals surface area contributed by atoms with Crippen LogP contribution in [-0.2, 0) is 18.2 Å². The summed E-state index contributed by atoms with van der Waals surface area (Å²) in [6.07, 6.45) is 2.91. The van der Waals surface area contributed by atoms with Gasteiger partial charge in [0.2, 0.25) is 0 Å². The molecule has 0 spiro atoms. The molecule has 1 unspecified atom stereocenters. The maximum atomic E-state index is 5.04. The van der Waals surface area contributed by atoms with E-state index in [4.69, 9.17) is 4.74 Å². The van der Waals surface area contributed by atoms with E-state index in [2.05, 4.69) is 39.8 Å². The van der Waals surface area contributed by atoms with Crippen LogP contribution in [0.4, 0.5) is 0 Å². The van der Waals surface area contributed by atoms with Gasteiger partial charge in [-0.2, -0.15) is 5.10 Å². The summed E-state index contributed by atoms with van der Waals surface area (Å²) in [5, 5.41) is 7.84. The maximum Gasteiger partial charge on any atom is 0.0738 e. The van der Waals surface area contributed by atoms with Crippen molar-refractivity contribution in [3.8, 4) is 0 Å². The zero-order valence-corrected chi connectivity index (χ0v) is 13.9. The first-order valence-corrected chi connectivity index (χ1v) is 7.24. The van der Waals surface area contributed by atoms with E-state index >= 15 is 0 Å². The van der Waals surface area contributed by atoms with Crippen LogP contribution in [-0.4, -0.2) is 36.6 Å². The third-order valence-electron chi connectivity index (χ3n) is 3.34. The Morgan fingerprint density at radius 1 is 1.58 bits per heavy atom. The number of hydrogen-bond donors (Lipinski definition) is 1. The highest BCUT2D eigenvalue weighted by atomic mass is 79.9. The van der Waals surface area contributed by atoms with E-state index in [-0.39, 0.29) is 5.41 Å². The van der Waals surface area contributed by atoms with Gasteiger partial charge in [0.25, 0.3) is 0 Å². The fraction of sp³-hybridized carbons (Fsp3) is 0.643. The molecule has 0 amide bonds. The molecular formula is C14H24BrN3O. The summed E-state index contributed by atoms with van der Waals surface area (Å²) in [4.78, 5) is 0. The Bertz CT molecular complexity index is 431. The highest BCUT2D eigenvalue weighted by molar-refractivity contribution is 9.10. The second-order valence-electron chi connectivity index (χ2n) is 5.17. The van der Waals surface area contributed by atoms with Crippen molar-refractivity contribution in [2.75, 3.05) is 26.8 Å². The first-order valence-electron chi connectivity index (χ1n) is 6.45. The van der Waals surface area contributed by atoms with Crippen molar-refractivity contribution < 1.29 is 4.74 Å². The standard InChI is InChI=1S/C14H24BrN3O/c1-6-14(3,10-16-7-8-19-5)9-12-13(15)11(2)17-18(12)4/h6,16H,1,7-10H2,2-5H3. The summed E-state index contributed by atoms with van der Waals surface area (Å²) in [7, 11) is 3.69. The minimum atomic E-state index is -0.00348. The first-order chi connectivity index (χ1) is 8.93. The number of hydrogen-bond acceptors (Lipinski definition) is 3. The number of aromatic nitrogens is 2. The van der Waals surface area contributed by atoms with Crippen molar-refractivity contribution in [3.63, 3.8) is 0 Å². The number of ether oxygens (including phenoxy) is 1. The molecular weight excluding hydrogens is 306 g/mol. The Labute approximate surface area is 124 Å². The largest absolute Gasteiger partial charge is 0.383 e. The third-order valence-corrected chi connectivity index (χ3v) is 4.37. The fourth-order valence-corrected chi connectivity index (χ4v) is 2.49. The third kappa shape index (κ3) is 4.44. The van der Waals surface area contributed by atoms with Crippen LogP contribution in [0.1, 0.15) is 18.3 Å². The number of nitrogens with one attached hydrogen (secondary N) is 1. The molecule has 0 aliphatic carbocycles. The van der Waals surface area contributed by atoms with Crippen LogP contribution in [0.5, 0.6) is 0 Å². The van der Waals surface area contributed by atoms with E-state index in [0.29, 0.717) is 0 Å². The molecule has 0 fully saturated rings. The van der Waals surface area contributed by atoms with Crippen molar-refractivity contribution in [2.45, 2.75) is 20.3 Å². The molecule has 0 saturated carbocycles. The zero-order valence-electron chi connectivity index (χ0n) is 12.3. The monoisotopic (exact) mass is 329 g/mol. The van der Waals surface area contributed by atoms with Crippen LogP contribution in [0.3, 0.4) is 0 Å². The van der Waals surface area contributed by atoms with E-state index in [1.165, 1.54) is 5.69 Å². The predicted octanol–water partition coefficient (Wildman–Crippen LogP) is 2.46. The lowest BCUT2D eigenvalue weighted by Gasteiger charge is -2.26. The van der Waals surface area contributed by atoms with E-state index < -0.39 is 0 Å². The van der Waals surface area contributed by atoms with Gasteiger partial charge in [-0.25, -0.2) is 0 Å². The van der Waals surface area contributed by atoms with E-state index in [9.17, 15) is 0 Å². The van der Waals surface area contributed by atoms with Crippen LogP contribution in [0.2, 0.25) is 0 Å². The quantitative estimate of drug-likeness (QED) is 0.588. The molecule has 1 aromatic rings. The van der Waals surface area contributed by atoms with Gasteiger partial charge in [-0.15, -0.1) is 6.58 Å². The summed E-state index contributed by atoms with van der Waals surface area (Å²) in [6, 6.07) is 0. The van der Waals surface area contributed by atoms with Crippen molar-refractivity contribution >= 4 is 15.9 Å². The number of aryl methyl sites for hydroxylation is 2. The number of halogens is 1. The molecule has 1 N–H and O–H groups in total. The van der Waals surface area contributed by atoms with Gasteiger partial charge in [0.1, 0.15) is 0 Å². The lowest BCUT2D eigenvalue weighted by Crippen LogP contribution is -2.34. The summed E-state index contributed by atoms with van der Waals surface area (Å²) in [5.74, 6) is 0. The zero-order chi connectivity index (χ0) is 14.5. The minimum Gasteiger partial charge on any atom is -0.383 e. The Hall–Kier alpha value is -0.650. The predicted molar refractivity (Wildman–Crippen MR) is 82.4 cm³/mol. The van der Waals surface area contributed by atoms with Crippen LogP contribution in [0.15, 0.2) is 17.1 Å². The number of rotatable bonds is 8. The highest BCUT2D eigenvalue weighted by Crippen LogP contribution is 2.29. The lowest BCUT2D eigenvalue weighted by molar-refractivity contribution is 0.195. The molecule has 1 aromatic heterocycles. The summed E-state index contributed by atoms with van der Waals surface area (Å²) >= 11 is 3.62. The minimum absolute atomic E-state index is 0.00348. The van der Waals surface area contributed by atoms with Gasteiger partial charge in [0, 0.05) is 39.1 Å². The SMILES string of the molecule is C=CC(C)(CNCCOC)Cc1c(Br)c(C)nn1C. The Kier molecular flexibility index (Phi) is 6.23. The summed E-state index contributed by atoms with van der Waals surface area (Å²) in [5.41, 5.74) is 2.22. The molecule has 0 aromatic carbocycles. The Morgan fingerprint density at radius 2 is 2.26 bits per heavy atom. The molecule has 0 bridgehead atoms. The fourth-order valence-electron chi connectivity index (χ4n) is 2.01. The molecule has 0 aliphatic rings. The maximum absolute atomic E-state index is 5.04. The van der Waals surface area contributed by atoms with Crippen LogP contribution < -0.4 is 5.32 Å². The normalized spacial score (nSPS) is 14.4. The van der Waals surface area contributed by atoms with Gasteiger partial charge in [0.05, 0.1) is 22.5 Å². The molecule has 0 radical (unpaired) electrons. The van der Waals surface area contributed by atoms with Crippen molar-refractivity contribution in [3.05, 3.63) is 28.5 Å². The average Bonchev–Trinajstić information content (AvgIpc) is 2.61. The number of nitrogens with zero attached hydrogens (tertiary/aromatic N) is 2. The summed E-state index contributed by atoms with van der Waals surface area (Å²) in [6.45, 7) is 10.6. The van der Waals surface area contributed by atoms with Gasteiger partial charge in [-0.1, -0.05) is 13.0 Å². The smallest absolute Gasteiger partial charge is 0.0738 e. The first kappa shape index (κ1) is 16.4. The molecule has 4 nitrogen and oxygen atoms in total. The van der Waals surface area contributed by atoms with E-state index in [0.717, 1.165) is 36.3 Å². The van der Waals surface area contributed by atoms with Crippen molar-refractivity contribution in [2.24, 2.45) is 12.5 Å². The highest BCUT2D eigenvalue weighted by Gasteiger charge is 2.24. The molecule has 0 saturated heterocycles. The average molecular weight is 330 g/mol. The van der Waals surface area contributed by atoms with Gasteiger partial charge in [0.15, 0.2) is 0 Å². The molecule has 19 heavy (non-hydrogen) atoms. The van der Waals surface area contributed by atoms with Gasteiger partial charge < -0.3 is 10.1 Å². The molecule has 1 heterocycles. The molecule has 1 atom stereocenters. The van der Waals surface area contributed by atoms with Crippen LogP contribution in [0, 0.1) is 12.3 Å². The second kappa shape index (κ2) is 7.22. The van der Waals surface area contributed by atoms with Crippen molar-refractivity contribution in [1.82, 2.24) is 15.1 Å². The number of methoxy groups -OCH3 is 1. The van der Waals surface area contributed by atoms with Gasteiger partial charge in [-0.3, -0.25) is 4.68 Å². The molecule has 1 rings (SSSR count). The van der Waals surface area contributed by atoms with Crippen LogP contribution in [0.25, 0.3) is 0 Å². The summed E-state index contributed by atoms with van der Waals surface area (Å²) < 4.78 is 8.08. The van der Waals surface area contributed by atoms with Gasteiger partial charge in [-0.05, 0) is 22.9 Å². The molecule has 108 valence electrons. The molecule has 5 heteroatoms. The molecule has 0 aliphatic heterocycles. The van der Waals surface area contributed by atoms with Gasteiger partial charge >= 0.3 is 0 Å². The van der Waals surface area contributed by atoms with Crippen LogP contribution >= 0.6 is 15.9 Å². The van der Waals surface area contributed by atoms with E-state index in [1.54, 1.807) is 7.11 Å². The Morgan fingerprint density at radius 3 is 2.74 bits per heavy atom. The topological polar surface area (TPSA) is 39.1 Å². The Balaban J connectivity index is 2.71. The second-order valence-corrected chi connectivity index (χ2v) is 5.97. The van der Waals surface area contributed by atoms with Crippen molar-refractivity contribution in [1.29, 1.82) is 0 Å². The lowest BCUT2D eigenvalue weighted by atomic mass is 9.85. The van der Waals surface area contributed by atoms with E-state index in [1.807, 2.05) is 24.7 Å².